The maximum absolute atomic E-state index is 12.9. The summed E-state index contributed by atoms with van der Waals surface area (Å²) in [6, 6.07) is 6.13. The minimum absolute atomic E-state index is 0.0458. The van der Waals surface area contributed by atoms with Gasteiger partial charge in [0.05, 0.1) is 12.2 Å². The Morgan fingerprint density at radius 3 is 2.61 bits per heavy atom. The summed E-state index contributed by atoms with van der Waals surface area (Å²) in [5, 5.41) is 14.2. The molecule has 6 nitrogen and oxygen atoms in total. The van der Waals surface area contributed by atoms with Gasteiger partial charge in [0, 0.05) is 25.4 Å². The van der Waals surface area contributed by atoms with Crippen molar-refractivity contribution in [3.8, 4) is 0 Å². The van der Waals surface area contributed by atoms with Crippen molar-refractivity contribution in [3.63, 3.8) is 0 Å². The third-order valence-corrected chi connectivity index (χ3v) is 2.81. The zero-order valence-corrected chi connectivity index (χ0v) is 12.1. The van der Waals surface area contributed by atoms with Crippen molar-refractivity contribution in [1.82, 2.24) is 15.0 Å². The van der Waals surface area contributed by atoms with E-state index in [4.69, 9.17) is 5.11 Å². The quantitative estimate of drug-likeness (QED) is 0.677. The van der Waals surface area contributed by atoms with Crippen molar-refractivity contribution in [2.45, 2.75) is 19.1 Å². The molecule has 0 aliphatic carbocycles. The van der Waals surface area contributed by atoms with E-state index in [0.29, 0.717) is 12.1 Å². The van der Waals surface area contributed by atoms with E-state index >= 15 is 0 Å². The summed E-state index contributed by atoms with van der Waals surface area (Å²) in [5.41, 5.74) is -0.364. The lowest BCUT2D eigenvalue weighted by Gasteiger charge is -2.12. The lowest BCUT2D eigenvalue weighted by Crippen LogP contribution is -2.15. The Hall–Kier alpha value is -2.42. The first kappa shape index (κ1) is 16.9. The smallest absolute Gasteiger partial charge is 0.396 e. The second kappa shape index (κ2) is 7.73. The number of nitrogens with one attached hydrogen (secondary N) is 2. The Morgan fingerprint density at radius 2 is 1.96 bits per heavy atom. The van der Waals surface area contributed by atoms with E-state index in [1.54, 1.807) is 24.4 Å². The van der Waals surface area contributed by atoms with Gasteiger partial charge in [-0.2, -0.15) is 18.2 Å². The molecule has 0 aromatic carbocycles. The average molecular weight is 327 g/mol. The number of aliphatic hydroxyl groups is 1. The molecule has 2 aromatic rings. The minimum Gasteiger partial charge on any atom is -0.396 e. The summed E-state index contributed by atoms with van der Waals surface area (Å²) in [6.45, 7) is 0.444. The van der Waals surface area contributed by atoms with E-state index in [0.717, 1.165) is 6.07 Å². The van der Waals surface area contributed by atoms with Crippen molar-refractivity contribution in [2.75, 3.05) is 23.8 Å². The molecule has 2 aromatic heterocycles. The summed E-state index contributed by atoms with van der Waals surface area (Å²) in [6.07, 6.45) is -2.59. The molecule has 9 heteroatoms. The lowest BCUT2D eigenvalue weighted by atomic mass is 10.3. The molecular formula is C14H16F3N5O. The van der Waals surface area contributed by atoms with Crippen molar-refractivity contribution in [3.05, 3.63) is 41.9 Å². The van der Waals surface area contributed by atoms with Crippen LogP contribution in [0.1, 0.15) is 17.8 Å². The van der Waals surface area contributed by atoms with Crippen LogP contribution in [-0.2, 0) is 12.7 Å². The minimum atomic E-state index is -4.57. The zero-order chi connectivity index (χ0) is 16.7. The van der Waals surface area contributed by atoms with Crippen LogP contribution >= 0.6 is 0 Å². The fourth-order valence-electron chi connectivity index (χ4n) is 1.73. The van der Waals surface area contributed by atoms with Crippen LogP contribution in [0.15, 0.2) is 30.5 Å². The predicted octanol–water partition coefficient (Wildman–Crippen LogP) is 2.30. The highest BCUT2D eigenvalue weighted by Gasteiger charge is 2.33. The van der Waals surface area contributed by atoms with Crippen LogP contribution in [0.25, 0.3) is 0 Å². The average Bonchev–Trinajstić information content (AvgIpc) is 2.53. The van der Waals surface area contributed by atoms with E-state index < -0.39 is 11.9 Å². The SMILES string of the molecule is OCCCNc1nc(NCc2ccccn2)cc(C(F)(F)F)n1. The van der Waals surface area contributed by atoms with Crippen LogP contribution in [0.5, 0.6) is 0 Å². The van der Waals surface area contributed by atoms with Gasteiger partial charge in [-0.05, 0) is 18.6 Å². The molecule has 0 aliphatic heterocycles. The molecule has 0 radical (unpaired) electrons. The number of aromatic nitrogens is 3. The summed E-state index contributed by atoms with van der Waals surface area (Å²) >= 11 is 0. The van der Waals surface area contributed by atoms with Crippen LogP contribution in [0.2, 0.25) is 0 Å². The van der Waals surface area contributed by atoms with Crippen LogP contribution in [0.3, 0.4) is 0 Å². The Bertz CT molecular complexity index is 622. The number of rotatable bonds is 7. The van der Waals surface area contributed by atoms with Gasteiger partial charge < -0.3 is 15.7 Å². The van der Waals surface area contributed by atoms with Crippen LogP contribution in [0, 0.1) is 0 Å². The molecule has 2 rings (SSSR count). The number of nitrogens with zero attached hydrogens (tertiary/aromatic N) is 3. The number of hydrogen-bond donors (Lipinski definition) is 3. The number of pyridine rings is 1. The molecule has 0 atom stereocenters. The molecule has 0 unspecified atom stereocenters. The van der Waals surface area contributed by atoms with Gasteiger partial charge in [0.15, 0.2) is 5.69 Å². The van der Waals surface area contributed by atoms with Crippen molar-refractivity contribution >= 4 is 11.8 Å². The third kappa shape index (κ3) is 5.37. The summed E-state index contributed by atoms with van der Waals surface area (Å²) in [7, 11) is 0. The number of aliphatic hydroxyl groups excluding tert-OH is 1. The Morgan fingerprint density at radius 1 is 1.13 bits per heavy atom. The van der Waals surface area contributed by atoms with Gasteiger partial charge in [-0.15, -0.1) is 0 Å². The second-order valence-corrected chi connectivity index (χ2v) is 4.64. The topological polar surface area (TPSA) is 83.0 Å². The normalized spacial score (nSPS) is 11.3. The molecule has 2 heterocycles. The molecular weight excluding hydrogens is 311 g/mol. The molecule has 0 saturated heterocycles. The molecule has 23 heavy (non-hydrogen) atoms. The molecule has 0 fully saturated rings. The van der Waals surface area contributed by atoms with Gasteiger partial charge in [0.25, 0.3) is 0 Å². The standard InChI is InChI=1S/C14H16F3N5O/c15-14(16,17)11-8-12(20-9-10-4-1-2-5-18-10)22-13(21-11)19-6-3-7-23/h1-2,4-5,8,23H,3,6-7,9H2,(H2,19,20,21,22). The van der Waals surface area contributed by atoms with Crippen LogP contribution in [-0.4, -0.2) is 33.2 Å². The first-order valence-corrected chi connectivity index (χ1v) is 6.94. The first-order chi connectivity index (χ1) is 11.0. The highest BCUT2D eigenvalue weighted by molar-refractivity contribution is 5.43. The Kier molecular flexibility index (Phi) is 5.69. The molecule has 0 saturated carbocycles. The fourth-order valence-corrected chi connectivity index (χ4v) is 1.73. The van der Waals surface area contributed by atoms with Crippen LogP contribution < -0.4 is 10.6 Å². The van der Waals surface area contributed by atoms with Gasteiger partial charge in [-0.1, -0.05) is 6.07 Å². The van der Waals surface area contributed by atoms with Gasteiger partial charge in [0.1, 0.15) is 5.82 Å². The lowest BCUT2D eigenvalue weighted by molar-refractivity contribution is -0.141. The Balaban J connectivity index is 2.14. The largest absolute Gasteiger partial charge is 0.433 e. The van der Waals surface area contributed by atoms with Gasteiger partial charge in [-0.25, -0.2) is 4.98 Å². The number of halogens is 3. The number of anilines is 2. The summed E-state index contributed by atoms with van der Waals surface area (Å²) < 4.78 is 38.7. The van der Waals surface area contributed by atoms with E-state index in [1.807, 2.05) is 0 Å². The van der Waals surface area contributed by atoms with Crippen LogP contribution in [0.4, 0.5) is 24.9 Å². The molecule has 124 valence electrons. The molecule has 0 spiro atoms. The fraction of sp³-hybridized carbons (Fsp3) is 0.357. The van der Waals surface area contributed by atoms with Gasteiger partial charge in [0.2, 0.25) is 5.95 Å². The predicted molar refractivity (Wildman–Crippen MR) is 78.8 cm³/mol. The van der Waals surface area contributed by atoms with E-state index in [-0.39, 0.29) is 31.5 Å². The Labute approximate surface area is 130 Å². The highest BCUT2D eigenvalue weighted by Crippen LogP contribution is 2.29. The maximum Gasteiger partial charge on any atom is 0.433 e. The van der Waals surface area contributed by atoms with Gasteiger partial charge >= 0.3 is 6.18 Å². The summed E-state index contributed by atoms with van der Waals surface area (Å²) in [5.74, 6) is -0.0960. The third-order valence-electron chi connectivity index (χ3n) is 2.81. The molecule has 0 bridgehead atoms. The second-order valence-electron chi connectivity index (χ2n) is 4.64. The molecule has 0 amide bonds. The summed E-state index contributed by atoms with van der Waals surface area (Å²) in [4.78, 5) is 11.5. The molecule has 0 aliphatic rings. The first-order valence-electron chi connectivity index (χ1n) is 6.94. The van der Waals surface area contributed by atoms with Crippen molar-refractivity contribution < 1.29 is 18.3 Å². The monoisotopic (exact) mass is 327 g/mol. The van der Waals surface area contributed by atoms with E-state index in [2.05, 4.69) is 25.6 Å². The maximum atomic E-state index is 12.9. The van der Waals surface area contributed by atoms with Gasteiger partial charge in [-0.3, -0.25) is 4.98 Å². The van der Waals surface area contributed by atoms with E-state index in [1.165, 1.54) is 0 Å². The number of hydrogen-bond acceptors (Lipinski definition) is 6. The zero-order valence-electron chi connectivity index (χ0n) is 12.1. The van der Waals surface area contributed by atoms with E-state index in [9.17, 15) is 13.2 Å². The highest BCUT2D eigenvalue weighted by atomic mass is 19.4. The van der Waals surface area contributed by atoms with Crippen molar-refractivity contribution in [2.24, 2.45) is 0 Å². The van der Waals surface area contributed by atoms with Crippen molar-refractivity contribution in [1.29, 1.82) is 0 Å². The number of alkyl halides is 3. The molecule has 3 N–H and O–H groups in total.